The summed E-state index contributed by atoms with van der Waals surface area (Å²) in [4.78, 5) is 4.77. The maximum absolute atomic E-state index is 6.19. The first-order valence-electron chi connectivity index (χ1n) is 8.68. The van der Waals surface area contributed by atoms with Crippen molar-refractivity contribution >= 4 is 34.2 Å². The number of nitrogens with zero attached hydrogens (tertiary/aromatic N) is 2. The first-order valence-corrected chi connectivity index (χ1v) is 9.44. The Morgan fingerprint density at radius 1 is 0.926 bits per heavy atom. The van der Waals surface area contributed by atoms with E-state index in [1.165, 1.54) is 0 Å². The molecule has 1 heterocycles. The average molecular weight is 397 g/mol. The molecule has 0 N–H and O–H groups in total. The monoisotopic (exact) mass is 396 g/mol. The number of fused-ring (bicyclic) bond motifs is 1. The van der Waals surface area contributed by atoms with E-state index in [2.05, 4.69) is 10.6 Å². The number of hydrogen-bond acceptors (Lipinski definition) is 2. The highest BCUT2D eigenvalue weighted by molar-refractivity contribution is 6.42. The lowest BCUT2D eigenvalue weighted by atomic mass is 10.2. The minimum atomic E-state index is 0.390. The summed E-state index contributed by atoms with van der Waals surface area (Å²) >= 11 is 12.2. The molecule has 3 aromatic carbocycles. The molecule has 0 radical (unpaired) electrons. The lowest BCUT2D eigenvalue weighted by Gasteiger charge is -2.12. The molecule has 4 rings (SSSR count). The van der Waals surface area contributed by atoms with Crippen molar-refractivity contribution in [2.75, 3.05) is 0 Å². The lowest BCUT2D eigenvalue weighted by molar-refractivity contribution is 0.289. The van der Waals surface area contributed by atoms with Gasteiger partial charge in [0.25, 0.3) is 0 Å². The fourth-order valence-corrected chi connectivity index (χ4v) is 3.41. The van der Waals surface area contributed by atoms with Gasteiger partial charge in [-0.25, -0.2) is 4.98 Å². The number of ether oxygens (including phenoxy) is 1. The molecule has 5 heteroatoms. The van der Waals surface area contributed by atoms with Crippen molar-refractivity contribution in [1.82, 2.24) is 9.55 Å². The van der Waals surface area contributed by atoms with E-state index in [0.717, 1.165) is 33.7 Å². The van der Waals surface area contributed by atoms with Gasteiger partial charge < -0.3 is 9.30 Å². The summed E-state index contributed by atoms with van der Waals surface area (Å²) in [6.45, 7) is 3.07. The molecule has 0 saturated heterocycles. The Morgan fingerprint density at radius 2 is 1.70 bits per heavy atom. The largest absolute Gasteiger partial charge is 0.485 e. The van der Waals surface area contributed by atoms with Gasteiger partial charge in [-0.15, -0.1) is 0 Å². The minimum absolute atomic E-state index is 0.390. The third kappa shape index (κ3) is 3.80. The second-order valence-corrected chi connectivity index (χ2v) is 7.22. The molecule has 3 nitrogen and oxygen atoms in total. The van der Waals surface area contributed by atoms with Crippen molar-refractivity contribution in [2.24, 2.45) is 0 Å². The highest BCUT2D eigenvalue weighted by atomic mass is 35.5. The molecule has 4 aromatic rings. The van der Waals surface area contributed by atoms with E-state index in [0.29, 0.717) is 23.2 Å². The molecule has 1 aromatic heterocycles. The average Bonchev–Trinajstić information content (AvgIpc) is 3.02. The SMILES string of the molecule is Cc1ccccc1OCc1nc2ccccc2n1Cc1ccc(Cl)c(Cl)c1. The summed E-state index contributed by atoms with van der Waals surface area (Å²) < 4.78 is 8.20. The summed E-state index contributed by atoms with van der Waals surface area (Å²) in [6, 6.07) is 21.8. The van der Waals surface area contributed by atoms with Crippen LogP contribution < -0.4 is 4.74 Å². The zero-order chi connectivity index (χ0) is 18.8. The number of para-hydroxylation sites is 3. The quantitative estimate of drug-likeness (QED) is 0.396. The van der Waals surface area contributed by atoms with Crippen LogP contribution in [0.25, 0.3) is 11.0 Å². The Hall–Kier alpha value is -2.49. The molecule has 136 valence electrons. The molecule has 0 spiro atoms. The predicted molar refractivity (Wildman–Crippen MR) is 111 cm³/mol. The van der Waals surface area contributed by atoms with Crippen molar-refractivity contribution in [3.05, 3.63) is 93.7 Å². The number of benzene rings is 3. The van der Waals surface area contributed by atoms with E-state index >= 15 is 0 Å². The Kier molecular flexibility index (Phi) is 5.06. The van der Waals surface area contributed by atoms with E-state index in [1.54, 1.807) is 0 Å². The van der Waals surface area contributed by atoms with Crippen LogP contribution in [-0.4, -0.2) is 9.55 Å². The normalized spacial score (nSPS) is 11.1. The maximum Gasteiger partial charge on any atom is 0.148 e. The molecule has 0 fully saturated rings. The molecule has 0 amide bonds. The van der Waals surface area contributed by atoms with E-state index in [-0.39, 0.29) is 0 Å². The van der Waals surface area contributed by atoms with Crippen molar-refractivity contribution in [3.8, 4) is 5.75 Å². The minimum Gasteiger partial charge on any atom is -0.485 e. The van der Waals surface area contributed by atoms with Crippen molar-refractivity contribution < 1.29 is 4.74 Å². The predicted octanol–water partition coefficient (Wildman–Crippen LogP) is 6.28. The van der Waals surface area contributed by atoms with E-state index in [1.807, 2.05) is 67.6 Å². The zero-order valence-electron chi connectivity index (χ0n) is 14.8. The molecule has 0 unspecified atom stereocenters. The summed E-state index contributed by atoms with van der Waals surface area (Å²) in [5, 5.41) is 1.11. The smallest absolute Gasteiger partial charge is 0.148 e. The van der Waals surface area contributed by atoms with Crippen molar-refractivity contribution in [3.63, 3.8) is 0 Å². The second-order valence-electron chi connectivity index (χ2n) is 6.41. The maximum atomic E-state index is 6.19. The molecule has 0 bridgehead atoms. The summed E-state index contributed by atoms with van der Waals surface area (Å²) in [5.41, 5.74) is 4.17. The Balaban J connectivity index is 1.68. The van der Waals surface area contributed by atoms with Crippen LogP contribution in [0.2, 0.25) is 10.0 Å². The van der Waals surface area contributed by atoms with Gasteiger partial charge >= 0.3 is 0 Å². The van der Waals surface area contributed by atoms with Crippen LogP contribution in [-0.2, 0) is 13.2 Å². The third-order valence-electron chi connectivity index (χ3n) is 4.51. The molecule has 0 saturated carbocycles. The van der Waals surface area contributed by atoms with E-state index in [9.17, 15) is 0 Å². The van der Waals surface area contributed by atoms with Crippen LogP contribution in [0.1, 0.15) is 17.0 Å². The van der Waals surface area contributed by atoms with Gasteiger partial charge in [0.15, 0.2) is 0 Å². The summed E-state index contributed by atoms with van der Waals surface area (Å²) in [6.07, 6.45) is 0. The van der Waals surface area contributed by atoms with Gasteiger partial charge in [-0.05, 0) is 48.4 Å². The van der Waals surface area contributed by atoms with Crippen LogP contribution in [0.15, 0.2) is 66.7 Å². The zero-order valence-corrected chi connectivity index (χ0v) is 16.3. The van der Waals surface area contributed by atoms with Gasteiger partial charge in [0, 0.05) is 6.54 Å². The van der Waals surface area contributed by atoms with E-state index in [4.69, 9.17) is 32.9 Å². The van der Waals surface area contributed by atoms with Gasteiger partial charge in [-0.2, -0.15) is 0 Å². The third-order valence-corrected chi connectivity index (χ3v) is 5.25. The molecule has 27 heavy (non-hydrogen) atoms. The first kappa shape index (κ1) is 17.9. The number of imidazole rings is 1. The van der Waals surface area contributed by atoms with Gasteiger partial charge in [0.05, 0.1) is 21.1 Å². The van der Waals surface area contributed by atoms with E-state index < -0.39 is 0 Å². The van der Waals surface area contributed by atoms with Crippen LogP contribution in [0.3, 0.4) is 0 Å². The highest BCUT2D eigenvalue weighted by Crippen LogP contribution is 2.25. The van der Waals surface area contributed by atoms with Gasteiger partial charge in [0.1, 0.15) is 18.2 Å². The van der Waals surface area contributed by atoms with Crippen LogP contribution in [0, 0.1) is 6.92 Å². The summed E-state index contributed by atoms with van der Waals surface area (Å²) in [5.74, 6) is 1.73. The van der Waals surface area contributed by atoms with Crippen molar-refractivity contribution in [1.29, 1.82) is 0 Å². The standard InChI is InChI=1S/C22H18Cl2N2O/c1-15-6-2-5-9-21(15)27-14-22-25-19-7-3-4-8-20(19)26(22)13-16-10-11-17(23)18(24)12-16/h2-12H,13-14H2,1H3. The Bertz CT molecular complexity index is 1100. The highest BCUT2D eigenvalue weighted by Gasteiger charge is 2.13. The number of halogens is 2. The first-order chi connectivity index (χ1) is 13.1. The molecule has 0 aliphatic carbocycles. The molecule has 0 aliphatic heterocycles. The van der Waals surface area contributed by atoms with Gasteiger partial charge in [-0.1, -0.05) is 59.6 Å². The molecule has 0 aliphatic rings. The van der Waals surface area contributed by atoms with Crippen LogP contribution in [0.5, 0.6) is 5.75 Å². The van der Waals surface area contributed by atoms with Crippen LogP contribution in [0.4, 0.5) is 0 Å². The molecular formula is C22H18Cl2N2O. The number of aryl methyl sites for hydroxylation is 1. The van der Waals surface area contributed by atoms with Crippen LogP contribution >= 0.6 is 23.2 Å². The van der Waals surface area contributed by atoms with Crippen molar-refractivity contribution in [2.45, 2.75) is 20.1 Å². The lowest BCUT2D eigenvalue weighted by Crippen LogP contribution is -2.09. The Morgan fingerprint density at radius 3 is 2.52 bits per heavy atom. The van der Waals surface area contributed by atoms with Gasteiger partial charge in [-0.3, -0.25) is 0 Å². The Labute approximate surface area is 168 Å². The summed E-state index contributed by atoms with van der Waals surface area (Å²) in [7, 11) is 0. The fourth-order valence-electron chi connectivity index (χ4n) is 3.09. The number of aromatic nitrogens is 2. The molecular weight excluding hydrogens is 379 g/mol. The topological polar surface area (TPSA) is 27.1 Å². The second kappa shape index (κ2) is 7.63. The number of rotatable bonds is 5. The fraction of sp³-hybridized carbons (Fsp3) is 0.136. The van der Waals surface area contributed by atoms with Gasteiger partial charge in [0.2, 0.25) is 0 Å². The number of hydrogen-bond donors (Lipinski definition) is 0. The molecule has 0 atom stereocenters.